The lowest BCUT2D eigenvalue weighted by Crippen LogP contribution is -2.33. The molecule has 0 atom stereocenters. The second-order valence-electron chi connectivity index (χ2n) is 4.32. The van der Waals surface area contributed by atoms with Gasteiger partial charge in [0.25, 0.3) is 0 Å². The van der Waals surface area contributed by atoms with Crippen molar-refractivity contribution in [3.8, 4) is 0 Å². The molecule has 1 aromatic carbocycles. The number of benzene rings is 1. The number of rotatable bonds is 4. The van der Waals surface area contributed by atoms with Crippen molar-refractivity contribution in [2.45, 2.75) is 12.8 Å². The monoisotopic (exact) mass is 286 g/mol. The van der Waals surface area contributed by atoms with Crippen LogP contribution >= 0.6 is 0 Å². The summed E-state index contributed by atoms with van der Waals surface area (Å²) in [6, 6.07) is 3.60. The molecule has 1 aromatic rings. The van der Waals surface area contributed by atoms with E-state index in [9.17, 15) is 12.8 Å². The quantitative estimate of drug-likeness (QED) is 0.565. The van der Waals surface area contributed by atoms with Crippen LogP contribution in [-0.4, -0.2) is 31.6 Å². The molecule has 0 bridgehead atoms. The first kappa shape index (κ1) is 13.8. The lowest BCUT2D eigenvalue weighted by Gasteiger charge is -2.17. The molecule has 8 heteroatoms. The van der Waals surface area contributed by atoms with Crippen molar-refractivity contribution in [3.05, 3.63) is 29.6 Å². The predicted octanol–water partition coefficient (Wildman–Crippen LogP) is 0.862. The Bertz CT molecular complexity index is 597. The van der Waals surface area contributed by atoms with Crippen LogP contribution in [0.25, 0.3) is 0 Å². The van der Waals surface area contributed by atoms with Crippen molar-refractivity contribution in [3.63, 3.8) is 0 Å². The van der Waals surface area contributed by atoms with Crippen molar-refractivity contribution in [1.82, 2.24) is 4.31 Å². The molecule has 2 rings (SSSR count). The van der Waals surface area contributed by atoms with Gasteiger partial charge in [0, 0.05) is 13.1 Å². The number of hydrogen-bond donors (Lipinski definition) is 3. The minimum Gasteiger partial charge on any atom is -0.384 e. The zero-order valence-corrected chi connectivity index (χ0v) is 11.0. The highest BCUT2D eigenvalue weighted by Crippen LogP contribution is 2.19. The molecule has 0 aromatic heterocycles. The summed E-state index contributed by atoms with van der Waals surface area (Å²) in [5.74, 6) is -1.10. The van der Waals surface area contributed by atoms with Gasteiger partial charge in [0.15, 0.2) is 0 Å². The standard InChI is InChI=1S/C11H15FN4O2S/c12-10-4-3-8(7-9(10)11(13)14)15-19(17,18)16-5-1-2-6-16/h3-4,7,15H,1-2,5-6H2,(H3,13,14). The number of nitrogens with one attached hydrogen (secondary N) is 2. The van der Waals surface area contributed by atoms with Gasteiger partial charge in [-0.25, -0.2) is 4.39 Å². The maximum atomic E-state index is 13.3. The topological polar surface area (TPSA) is 99.3 Å². The van der Waals surface area contributed by atoms with Crippen molar-refractivity contribution in [1.29, 1.82) is 5.41 Å². The Hall–Kier alpha value is -1.67. The Morgan fingerprint density at radius 3 is 2.58 bits per heavy atom. The third kappa shape index (κ3) is 3.02. The zero-order valence-electron chi connectivity index (χ0n) is 10.2. The maximum absolute atomic E-state index is 13.3. The Balaban J connectivity index is 2.23. The van der Waals surface area contributed by atoms with E-state index in [0.717, 1.165) is 18.9 Å². The van der Waals surface area contributed by atoms with E-state index >= 15 is 0 Å². The first-order chi connectivity index (χ1) is 8.90. The number of nitrogens with two attached hydrogens (primary N) is 1. The normalized spacial score (nSPS) is 16.5. The second-order valence-corrected chi connectivity index (χ2v) is 5.99. The van der Waals surface area contributed by atoms with E-state index in [-0.39, 0.29) is 11.3 Å². The van der Waals surface area contributed by atoms with E-state index in [1.165, 1.54) is 16.4 Å². The predicted molar refractivity (Wildman–Crippen MR) is 70.8 cm³/mol. The highest BCUT2D eigenvalue weighted by Gasteiger charge is 2.25. The van der Waals surface area contributed by atoms with Gasteiger partial charge in [-0.1, -0.05) is 0 Å². The fraction of sp³-hybridized carbons (Fsp3) is 0.364. The van der Waals surface area contributed by atoms with Gasteiger partial charge < -0.3 is 5.73 Å². The minimum atomic E-state index is -3.62. The minimum absolute atomic E-state index is 0.123. The van der Waals surface area contributed by atoms with Gasteiger partial charge in [0.2, 0.25) is 0 Å². The molecule has 4 N–H and O–H groups in total. The molecule has 0 amide bonds. The number of nitrogen functional groups attached to an aromatic ring is 1. The molecule has 0 spiro atoms. The highest BCUT2D eigenvalue weighted by atomic mass is 32.2. The number of amidine groups is 1. The van der Waals surface area contributed by atoms with Crippen molar-refractivity contribution in [2.75, 3.05) is 17.8 Å². The Labute approximate surface area is 111 Å². The van der Waals surface area contributed by atoms with Crippen LogP contribution in [0.2, 0.25) is 0 Å². The molecular weight excluding hydrogens is 271 g/mol. The van der Waals surface area contributed by atoms with Gasteiger partial charge >= 0.3 is 10.2 Å². The van der Waals surface area contributed by atoms with E-state index < -0.39 is 21.9 Å². The van der Waals surface area contributed by atoms with Crippen LogP contribution in [0.3, 0.4) is 0 Å². The van der Waals surface area contributed by atoms with Crippen LogP contribution in [0.4, 0.5) is 10.1 Å². The molecular formula is C11H15FN4O2S. The molecule has 0 unspecified atom stereocenters. The van der Waals surface area contributed by atoms with Crippen molar-refractivity contribution in [2.24, 2.45) is 5.73 Å². The molecule has 1 aliphatic rings. The molecule has 1 heterocycles. The summed E-state index contributed by atoms with van der Waals surface area (Å²) >= 11 is 0. The van der Waals surface area contributed by atoms with Crippen molar-refractivity contribution >= 4 is 21.7 Å². The summed E-state index contributed by atoms with van der Waals surface area (Å²) in [6.45, 7) is 0.964. The molecule has 1 saturated heterocycles. The molecule has 1 fully saturated rings. The van der Waals surface area contributed by atoms with Crippen LogP contribution in [0.15, 0.2) is 18.2 Å². The Kier molecular flexibility index (Phi) is 3.72. The Morgan fingerprint density at radius 2 is 2.00 bits per heavy atom. The summed E-state index contributed by atoms with van der Waals surface area (Å²) < 4.78 is 41.1. The average molecular weight is 286 g/mol. The van der Waals surface area contributed by atoms with Crippen molar-refractivity contribution < 1.29 is 12.8 Å². The van der Waals surface area contributed by atoms with E-state index in [1.807, 2.05) is 0 Å². The van der Waals surface area contributed by atoms with E-state index in [1.54, 1.807) is 0 Å². The summed E-state index contributed by atoms with van der Waals surface area (Å²) in [6.07, 6.45) is 1.67. The fourth-order valence-electron chi connectivity index (χ4n) is 1.94. The van der Waals surface area contributed by atoms with Gasteiger partial charge in [-0.3, -0.25) is 10.1 Å². The summed E-state index contributed by atoms with van der Waals surface area (Å²) in [4.78, 5) is 0. The van der Waals surface area contributed by atoms with E-state index in [0.29, 0.717) is 13.1 Å². The second kappa shape index (κ2) is 5.14. The lowest BCUT2D eigenvalue weighted by atomic mass is 10.2. The fourth-order valence-corrected chi connectivity index (χ4v) is 3.23. The molecule has 0 saturated carbocycles. The van der Waals surface area contributed by atoms with Crippen LogP contribution < -0.4 is 10.5 Å². The summed E-state index contributed by atoms with van der Waals surface area (Å²) in [5, 5.41) is 7.22. The van der Waals surface area contributed by atoms with Crippen LogP contribution in [0, 0.1) is 11.2 Å². The summed E-state index contributed by atoms with van der Waals surface area (Å²) in [5.41, 5.74) is 5.29. The number of halogens is 1. The number of nitrogens with zero attached hydrogens (tertiary/aromatic N) is 1. The largest absolute Gasteiger partial charge is 0.384 e. The van der Waals surface area contributed by atoms with Gasteiger partial charge in [-0.05, 0) is 31.0 Å². The van der Waals surface area contributed by atoms with E-state index in [4.69, 9.17) is 11.1 Å². The number of anilines is 1. The molecule has 0 aliphatic carbocycles. The molecule has 6 nitrogen and oxygen atoms in total. The van der Waals surface area contributed by atoms with Crippen LogP contribution in [0.5, 0.6) is 0 Å². The van der Waals surface area contributed by atoms with Gasteiger partial charge in [-0.15, -0.1) is 0 Å². The van der Waals surface area contributed by atoms with Crippen LogP contribution in [-0.2, 0) is 10.2 Å². The number of hydrogen-bond acceptors (Lipinski definition) is 3. The average Bonchev–Trinajstić information content (AvgIpc) is 2.85. The van der Waals surface area contributed by atoms with E-state index in [2.05, 4.69) is 4.72 Å². The third-order valence-corrected chi connectivity index (χ3v) is 4.45. The highest BCUT2D eigenvalue weighted by molar-refractivity contribution is 7.90. The molecule has 1 aliphatic heterocycles. The zero-order chi connectivity index (χ0) is 14.0. The van der Waals surface area contributed by atoms with Gasteiger partial charge in [-0.2, -0.15) is 12.7 Å². The first-order valence-corrected chi connectivity index (χ1v) is 7.26. The Morgan fingerprint density at radius 1 is 1.37 bits per heavy atom. The maximum Gasteiger partial charge on any atom is 0.301 e. The smallest absolute Gasteiger partial charge is 0.301 e. The lowest BCUT2D eigenvalue weighted by molar-refractivity contribution is 0.482. The van der Waals surface area contributed by atoms with Gasteiger partial charge in [0.05, 0.1) is 11.3 Å². The molecule has 104 valence electrons. The third-order valence-electron chi connectivity index (χ3n) is 2.91. The van der Waals surface area contributed by atoms with Crippen LogP contribution in [0.1, 0.15) is 18.4 Å². The molecule has 0 radical (unpaired) electrons. The first-order valence-electron chi connectivity index (χ1n) is 5.82. The SMILES string of the molecule is N=C(N)c1cc(NS(=O)(=O)N2CCCC2)ccc1F. The summed E-state index contributed by atoms with van der Waals surface area (Å²) in [7, 11) is -3.62. The molecule has 19 heavy (non-hydrogen) atoms. The van der Waals surface area contributed by atoms with Gasteiger partial charge in [0.1, 0.15) is 11.7 Å².